The fraction of sp³-hybridized carbons (Fsp3) is 0.333. The van der Waals surface area contributed by atoms with E-state index in [-0.39, 0.29) is 11.6 Å². The van der Waals surface area contributed by atoms with Gasteiger partial charge in [0.1, 0.15) is 0 Å². The van der Waals surface area contributed by atoms with Crippen LogP contribution in [0.2, 0.25) is 0 Å². The molecule has 1 aromatic heterocycles. The molecule has 1 N–H and O–H groups in total. The van der Waals surface area contributed by atoms with E-state index in [9.17, 15) is 22.8 Å². The molecule has 0 saturated carbocycles. The first-order valence-electron chi connectivity index (χ1n) is 4.44. The SMILES string of the molecule is COC(=O)c1c(OC(F)(F)F)[nH]c(CCl)cc1=O. The maximum Gasteiger partial charge on any atom is 0.574 e. The van der Waals surface area contributed by atoms with Crippen LogP contribution in [0.25, 0.3) is 0 Å². The molecule has 1 aromatic rings. The normalized spacial score (nSPS) is 11.2. The van der Waals surface area contributed by atoms with Gasteiger partial charge in [0, 0.05) is 11.8 Å². The molecule has 18 heavy (non-hydrogen) atoms. The zero-order valence-electron chi connectivity index (χ0n) is 8.93. The zero-order valence-corrected chi connectivity index (χ0v) is 9.69. The van der Waals surface area contributed by atoms with Gasteiger partial charge in [0.15, 0.2) is 11.0 Å². The molecule has 9 heteroatoms. The topological polar surface area (TPSA) is 68.4 Å². The van der Waals surface area contributed by atoms with Crippen LogP contribution >= 0.6 is 11.6 Å². The third kappa shape index (κ3) is 3.39. The van der Waals surface area contributed by atoms with Crippen LogP contribution in [0.5, 0.6) is 5.88 Å². The number of halogens is 4. The lowest BCUT2D eigenvalue weighted by Crippen LogP contribution is -2.25. The average molecular weight is 286 g/mol. The summed E-state index contributed by atoms with van der Waals surface area (Å²) >= 11 is 5.38. The second-order valence-electron chi connectivity index (χ2n) is 3.04. The van der Waals surface area contributed by atoms with E-state index in [0.29, 0.717) is 0 Å². The molecule has 0 aromatic carbocycles. The van der Waals surface area contributed by atoms with Gasteiger partial charge in [-0.05, 0) is 0 Å². The Kier molecular flexibility index (Phi) is 4.23. The predicted molar refractivity (Wildman–Crippen MR) is 54.6 cm³/mol. The van der Waals surface area contributed by atoms with Crippen LogP contribution in [0.1, 0.15) is 16.1 Å². The molecule has 0 saturated heterocycles. The van der Waals surface area contributed by atoms with Gasteiger partial charge >= 0.3 is 12.3 Å². The highest BCUT2D eigenvalue weighted by Gasteiger charge is 2.34. The van der Waals surface area contributed by atoms with Crippen molar-refractivity contribution in [2.45, 2.75) is 12.2 Å². The number of H-pyrrole nitrogens is 1. The van der Waals surface area contributed by atoms with Gasteiger partial charge in [0.25, 0.3) is 0 Å². The summed E-state index contributed by atoms with van der Waals surface area (Å²) in [5.41, 5.74) is -1.87. The van der Waals surface area contributed by atoms with E-state index in [1.165, 1.54) is 0 Å². The molecule has 0 atom stereocenters. The molecule has 100 valence electrons. The summed E-state index contributed by atoms with van der Waals surface area (Å²) in [5, 5.41) is 0. The number of methoxy groups -OCH3 is 1. The number of ether oxygens (including phenoxy) is 2. The summed E-state index contributed by atoms with van der Waals surface area (Å²) in [6.45, 7) is 0. The number of hydrogen-bond acceptors (Lipinski definition) is 4. The Morgan fingerprint density at radius 3 is 2.56 bits per heavy atom. The Labute approximate surface area is 103 Å². The van der Waals surface area contributed by atoms with E-state index < -0.39 is 29.2 Å². The summed E-state index contributed by atoms with van der Waals surface area (Å²) in [7, 11) is 0.925. The highest BCUT2D eigenvalue weighted by atomic mass is 35.5. The number of aromatic amines is 1. The van der Waals surface area contributed by atoms with Gasteiger partial charge in [-0.1, -0.05) is 0 Å². The van der Waals surface area contributed by atoms with Crippen molar-refractivity contribution in [3.63, 3.8) is 0 Å². The average Bonchev–Trinajstić information content (AvgIpc) is 2.25. The van der Waals surface area contributed by atoms with Crippen LogP contribution in [0.3, 0.4) is 0 Å². The van der Waals surface area contributed by atoms with Crippen molar-refractivity contribution in [1.82, 2.24) is 4.98 Å². The smallest absolute Gasteiger partial charge is 0.465 e. The molecule has 1 rings (SSSR count). The minimum Gasteiger partial charge on any atom is -0.465 e. The predicted octanol–water partition coefficient (Wildman–Crippen LogP) is 1.80. The second-order valence-corrected chi connectivity index (χ2v) is 3.30. The molecule has 0 aliphatic heterocycles. The van der Waals surface area contributed by atoms with E-state index in [1.54, 1.807) is 0 Å². The second kappa shape index (κ2) is 5.30. The molecule has 0 radical (unpaired) electrons. The van der Waals surface area contributed by atoms with Crippen LogP contribution < -0.4 is 10.2 Å². The monoisotopic (exact) mass is 285 g/mol. The van der Waals surface area contributed by atoms with Gasteiger partial charge in [0.05, 0.1) is 13.0 Å². The van der Waals surface area contributed by atoms with Gasteiger partial charge in [-0.15, -0.1) is 24.8 Å². The minimum absolute atomic E-state index is 0.0198. The molecule has 0 fully saturated rings. The maximum atomic E-state index is 12.1. The molecule has 0 aliphatic carbocycles. The highest BCUT2D eigenvalue weighted by molar-refractivity contribution is 6.16. The Bertz CT molecular complexity index is 512. The van der Waals surface area contributed by atoms with Gasteiger partial charge < -0.3 is 14.5 Å². The summed E-state index contributed by atoms with van der Waals surface area (Å²) in [6, 6.07) is 0.891. The molecular formula is C9H7ClF3NO4. The summed E-state index contributed by atoms with van der Waals surface area (Å²) in [5.74, 6) is -2.53. The number of pyridine rings is 1. The lowest BCUT2D eigenvalue weighted by atomic mass is 10.2. The lowest BCUT2D eigenvalue weighted by Gasteiger charge is -2.12. The Balaban J connectivity index is 3.39. The van der Waals surface area contributed by atoms with E-state index in [0.717, 1.165) is 13.2 Å². The Hall–Kier alpha value is -1.70. The Morgan fingerprint density at radius 2 is 2.11 bits per heavy atom. The van der Waals surface area contributed by atoms with E-state index >= 15 is 0 Å². The Morgan fingerprint density at radius 1 is 1.50 bits per heavy atom. The van der Waals surface area contributed by atoms with Crippen LogP contribution in [0.15, 0.2) is 10.9 Å². The third-order valence-electron chi connectivity index (χ3n) is 1.80. The number of rotatable bonds is 3. The van der Waals surface area contributed by atoms with Gasteiger partial charge in [-0.3, -0.25) is 4.79 Å². The standard InChI is InChI=1S/C9H7ClF3NO4/c1-17-8(16)6-5(15)2-4(3-10)14-7(6)18-9(11,12)13/h2H,3H2,1H3,(H,14,15). The number of nitrogens with one attached hydrogen (secondary N) is 1. The molecule has 0 unspecified atom stereocenters. The number of aromatic nitrogens is 1. The van der Waals surface area contributed by atoms with Crippen molar-refractivity contribution in [3.05, 3.63) is 27.5 Å². The molecule has 0 bridgehead atoms. The number of carbonyl (C=O) groups excluding carboxylic acids is 1. The van der Waals surface area contributed by atoms with Crippen molar-refractivity contribution in [1.29, 1.82) is 0 Å². The first-order valence-corrected chi connectivity index (χ1v) is 4.98. The van der Waals surface area contributed by atoms with E-state index in [2.05, 4.69) is 14.5 Å². The lowest BCUT2D eigenvalue weighted by molar-refractivity contribution is -0.276. The molecule has 0 aliphatic rings. The third-order valence-corrected chi connectivity index (χ3v) is 2.09. The van der Waals surface area contributed by atoms with Crippen LogP contribution in [-0.4, -0.2) is 24.4 Å². The van der Waals surface area contributed by atoms with Gasteiger partial charge in [-0.25, -0.2) is 4.79 Å². The van der Waals surface area contributed by atoms with E-state index in [1.807, 2.05) is 0 Å². The van der Waals surface area contributed by atoms with Gasteiger partial charge in [-0.2, -0.15) is 0 Å². The molecule has 0 spiro atoms. The summed E-state index contributed by atoms with van der Waals surface area (Å²) in [6.07, 6.45) is -5.06. The number of carbonyl (C=O) groups is 1. The van der Waals surface area contributed by atoms with Crippen LogP contribution in [0.4, 0.5) is 13.2 Å². The number of alkyl halides is 4. The number of hydrogen-bond donors (Lipinski definition) is 1. The molecule has 5 nitrogen and oxygen atoms in total. The van der Waals surface area contributed by atoms with Crippen molar-refractivity contribution in [2.24, 2.45) is 0 Å². The fourth-order valence-electron chi connectivity index (χ4n) is 1.15. The van der Waals surface area contributed by atoms with Crippen molar-refractivity contribution < 1.29 is 27.4 Å². The number of esters is 1. The van der Waals surface area contributed by atoms with Crippen molar-refractivity contribution in [2.75, 3.05) is 7.11 Å². The summed E-state index contributed by atoms with van der Waals surface area (Å²) < 4.78 is 44.2. The van der Waals surface area contributed by atoms with E-state index in [4.69, 9.17) is 11.6 Å². The summed E-state index contributed by atoms with van der Waals surface area (Å²) in [4.78, 5) is 24.8. The molecule has 0 amide bonds. The largest absolute Gasteiger partial charge is 0.574 e. The minimum atomic E-state index is -5.06. The molecule has 1 heterocycles. The zero-order chi connectivity index (χ0) is 13.9. The fourth-order valence-corrected chi connectivity index (χ4v) is 1.29. The van der Waals surface area contributed by atoms with Crippen LogP contribution in [0, 0.1) is 0 Å². The quantitative estimate of drug-likeness (QED) is 0.679. The molecular weight excluding hydrogens is 279 g/mol. The van der Waals surface area contributed by atoms with Crippen molar-refractivity contribution in [3.8, 4) is 5.88 Å². The highest BCUT2D eigenvalue weighted by Crippen LogP contribution is 2.23. The first-order chi connectivity index (χ1) is 8.28. The van der Waals surface area contributed by atoms with Gasteiger partial charge in [0.2, 0.25) is 5.88 Å². The van der Waals surface area contributed by atoms with Crippen LogP contribution in [-0.2, 0) is 10.6 Å². The van der Waals surface area contributed by atoms with Crippen molar-refractivity contribution >= 4 is 17.6 Å². The maximum absolute atomic E-state index is 12.1. The first kappa shape index (κ1) is 14.4.